The number of carbonyl (C=O) groups excluding carboxylic acids is 1. The first-order chi connectivity index (χ1) is 11.2. The quantitative estimate of drug-likeness (QED) is 0.852. The van der Waals surface area contributed by atoms with Crippen molar-refractivity contribution < 1.29 is 14.3 Å². The second kappa shape index (κ2) is 6.82. The van der Waals surface area contributed by atoms with E-state index in [0.29, 0.717) is 24.5 Å². The van der Waals surface area contributed by atoms with E-state index in [9.17, 15) is 4.79 Å². The molecule has 124 valence electrons. The Balaban J connectivity index is 1.74. The molecule has 1 saturated heterocycles. The van der Waals surface area contributed by atoms with E-state index in [-0.39, 0.29) is 5.91 Å². The van der Waals surface area contributed by atoms with E-state index in [1.807, 2.05) is 11.0 Å². The number of aryl methyl sites for hydroxylation is 1. The van der Waals surface area contributed by atoms with Crippen molar-refractivity contribution in [3.63, 3.8) is 0 Å². The number of amides is 1. The molecule has 1 aromatic carbocycles. The molecule has 1 amide bonds. The van der Waals surface area contributed by atoms with Gasteiger partial charge in [-0.25, -0.2) is 4.68 Å². The summed E-state index contributed by atoms with van der Waals surface area (Å²) in [5.41, 5.74) is 1.55. The van der Waals surface area contributed by atoms with E-state index in [1.165, 1.54) is 0 Å². The van der Waals surface area contributed by atoms with Crippen LogP contribution < -0.4 is 14.8 Å². The normalized spacial score (nSPS) is 15.0. The molecule has 3 rings (SSSR count). The summed E-state index contributed by atoms with van der Waals surface area (Å²) in [6, 6.07) is 3.62. The average molecular weight is 319 g/mol. The van der Waals surface area contributed by atoms with Crippen LogP contribution in [0.25, 0.3) is 11.0 Å². The minimum atomic E-state index is 0.149. The molecule has 23 heavy (non-hydrogen) atoms. The van der Waals surface area contributed by atoms with Gasteiger partial charge in [-0.2, -0.15) is 0 Å². The molecule has 0 saturated carbocycles. The van der Waals surface area contributed by atoms with Gasteiger partial charge in [-0.1, -0.05) is 5.21 Å². The molecule has 8 nitrogen and oxygen atoms in total. The van der Waals surface area contributed by atoms with E-state index < -0.39 is 0 Å². The zero-order valence-corrected chi connectivity index (χ0v) is 13.4. The molecule has 1 fully saturated rings. The average Bonchev–Trinajstić information content (AvgIpc) is 3.01. The Morgan fingerprint density at radius 3 is 2.61 bits per heavy atom. The minimum absolute atomic E-state index is 0.149. The number of nitrogens with zero attached hydrogens (tertiary/aromatic N) is 4. The van der Waals surface area contributed by atoms with Crippen LogP contribution >= 0.6 is 0 Å². The fraction of sp³-hybridized carbons (Fsp3) is 0.533. The van der Waals surface area contributed by atoms with Crippen LogP contribution in [0.15, 0.2) is 12.1 Å². The lowest BCUT2D eigenvalue weighted by molar-refractivity contribution is -0.132. The molecule has 0 atom stereocenters. The van der Waals surface area contributed by atoms with Crippen LogP contribution in [0.4, 0.5) is 0 Å². The number of fused-ring (bicyclic) bond motifs is 1. The topological polar surface area (TPSA) is 81.5 Å². The van der Waals surface area contributed by atoms with Gasteiger partial charge in [-0.05, 0) is 0 Å². The Morgan fingerprint density at radius 2 is 1.91 bits per heavy atom. The van der Waals surface area contributed by atoms with Crippen molar-refractivity contribution in [2.45, 2.75) is 13.0 Å². The fourth-order valence-corrected chi connectivity index (χ4v) is 2.73. The van der Waals surface area contributed by atoms with Crippen molar-refractivity contribution in [1.82, 2.24) is 25.2 Å². The van der Waals surface area contributed by atoms with Crippen LogP contribution in [0.2, 0.25) is 0 Å². The number of carbonyl (C=O) groups is 1. The lowest BCUT2D eigenvalue weighted by Crippen LogP contribution is -2.46. The summed E-state index contributed by atoms with van der Waals surface area (Å²) in [6.45, 7) is 3.74. The number of rotatable bonds is 5. The van der Waals surface area contributed by atoms with Gasteiger partial charge in [0.2, 0.25) is 5.91 Å². The third-order valence-corrected chi connectivity index (χ3v) is 4.03. The summed E-state index contributed by atoms with van der Waals surface area (Å²) < 4.78 is 12.3. The van der Waals surface area contributed by atoms with E-state index in [4.69, 9.17) is 9.47 Å². The first-order valence-electron chi connectivity index (χ1n) is 7.66. The van der Waals surface area contributed by atoms with Crippen LogP contribution in [-0.2, 0) is 11.3 Å². The smallest absolute Gasteiger partial charge is 0.224 e. The van der Waals surface area contributed by atoms with Gasteiger partial charge >= 0.3 is 0 Å². The zero-order valence-electron chi connectivity index (χ0n) is 13.4. The molecule has 1 aliphatic heterocycles. The molecule has 0 radical (unpaired) electrons. The number of benzene rings is 1. The van der Waals surface area contributed by atoms with E-state index >= 15 is 0 Å². The lowest BCUT2D eigenvalue weighted by atomic mass is 10.2. The minimum Gasteiger partial charge on any atom is -0.493 e. The third-order valence-electron chi connectivity index (χ3n) is 4.03. The Hall–Kier alpha value is -2.35. The van der Waals surface area contributed by atoms with Crippen molar-refractivity contribution in [3.8, 4) is 11.5 Å². The number of hydrogen-bond acceptors (Lipinski definition) is 6. The molecule has 1 aromatic heterocycles. The SMILES string of the molecule is COc1cc2nnn(CCC(=O)N3CCNCC3)c2cc1OC. The Labute approximate surface area is 134 Å². The number of piperazine rings is 1. The molecule has 2 aromatic rings. The maximum atomic E-state index is 12.2. The highest BCUT2D eigenvalue weighted by Gasteiger charge is 2.17. The highest BCUT2D eigenvalue weighted by molar-refractivity contribution is 5.80. The van der Waals surface area contributed by atoms with Crippen LogP contribution in [0.1, 0.15) is 6.42 Å². The van der Waals surface area contributed by atoms with Crippen molar-refractivity contribution in [1.29, 1.82) is 0 Å². The van der Waals surface area contributed by atoms with E-state index in [2.05, 4.69) is 15.6 Å². The predicted octanol–water partition coefficient (Wildman–Crippen LogP) is 0.270. The summed E-state index contributed by atoms with van der Waals surface area (Å²) in [5.74, 6) is 1.39. The van der Waals surface area contributed by atoms with Gasteiger partial charge < -0.3 is 19.7 Å². The van der Waals surface area contributed by atoms with Crippen LogP contribution in [0.5, 0.6) is 11.5 Å². The Morgan fingerprint density at radius 1 is 1.22 bits per heavy atom. The summed E-state index contributed by atoms with van der Waals surface area (Å²) in [7, 11) is 3.17. The van der Waals surface area contributed by atoms with Crippen molar-refractivity contribution in [3.05, 3.63) is 12.1 Å². The standard InChI is InChI=1S/C15H21N5O3/c1-22-13-9-11-12(10-14(13)23-2)20(18-17-11)6-3-15(21)19-7-4-16-5-8-19/h9-10,16H,3-8H2,1-2H3. The molecule has 0 aliphatic carbocycles. The van der Waals surface area contributed by atoms with Crippen LogP contribution in [0.3, 0.4) is 0 Å². The number of aromatic nitrogens is 3. The van der Waals surface area contributed by atoms with Gasteiger partial charge in [0.1, 0.15) is 5.52 Å². The number of ether oxygens (including phenoxy) is 2. The highest BCUT2D eigenvalue weighted by Crippen LogP contribution is 2.31. The first-order valence-corrected chi connectivity index (χ1v) is 7.66. The van der Waals surface area contributed by atoms with Gasteiger partial charge in [-0.15, -0.1) is 5.10 Å². The highest BCUT2D eigenvalue weighted by atomic mass is 16.5. The molecule has 0 bridgehead atoms. The van der Waals surface area contributed by atoms with Crippen molar-refractivity contribution >= 4 is 16.9 Å². The third kappa shape index (κ3) is 3.21. The second-order valence-electron chi connectivity index (χ2n) is 5.39. The summed E-state index contributed by atoms with van der Waals surface area (Å²) in [4.78, 5) is 14.1. The van der Waals surface area contributed by atoms with E-state index in [1.54, 1.807) is 25.0 Å². The zero-order chi connectivity index (χ0) is 16.2. The maximum Gasteiger partial charge on any atom is 0.224 e. The molecule has 1 N–H and O–H groups in total. The first kappa shape index (κ1) is 15.5. The summed E-state index contributed by atoms with van der Waals surface area (Å²) >= 11 is 0. The van der Waals surface area contributed by atoms with Crippen LogP contribution in [0, 0.1) is 0 Å². The molecule has 1 aliphatic rings. The van der Waals surface area contributed by atoms with Gasteiger partial charge in [0, 0.05) is 44.7 Å². The predicted molar refractivity (Wildman–Crippen MR) is 84.7 cm³/mol. The van der Waals surface area contributed by atoms with Crippen molar-refractivity contribution in [2.75, 3.05) is 40.4 Å². The van der Waals surface area contributed by atoms with Crippen LogP contribution in [-0.4, -0.2) is 66.2 Å². The number of hydrogen-bond donors (Lipinski definition) is 1. The Kier molecular flexibility index (Phi) is 4.61. The van der Waals surface area contributed by atoms with E-state index in [0.717, 1.165) is 37.2 Å². The Bertz CT molecular complexity index is 694. The maximum absolute atomic E-state index is 12.2. The second-order valence-corrected chi connectivity index (χ2v) is 5.39. The van der Waals surface area contributed by atoms with Gasteiger partial charge in [-0.3, -0.25) is 4.79 Å². The largest absolute Gasteiger partial charge is 0.493 e. The van der Waals surface area contributed by atoms with Gasteiger partial charge in [0.25, 0.3) is 0 Å². The molecular formula is C15H21N5O3. The fourth-order valence-electron chi connectivity index (χ4n) is 2.73. The van der Waals surface area contributed by atoms with Gasteiger partial charge in [0.05, 0.1) is 26.3 Å². The molecular weight excluding hydrogens is 298 g/mol. The van der Waals surface area contributed by atoms with Gasteiger partial charge in [0.15, 0.2) is 11.5 Å². The number of methoxy groups -OCH3 is 2. The monoisotopic (exact) mass is 319 g/mol. The molecule has 0 spiro atoms. The number of nitrogens with one attached hydrogen (secondary N) is 1. The van der Waals surface area contributed by atoms with Crippen molar-refractivity contribution in [2.24, 2.45) is 0 Å². The summed E-state index contributed by atoms with van der Waals surface area (Å²) in [5, 5.41) is 11.5. The molecule has 0 unspecified atom stereocenters. The molecule has 2 heterocycles. The summed E-state index contributed by atoms with van der Waals surface area (Å²) in [6.07, 6.45) is 0.410. The lowest BCUT2D eigenvalue weighted by Gasteiger charge is -2.27. The molecule has 8 heteroatoms.